The molecule has 2 N–H and O–H groups in total. The Bertz CT molecular complexity index is 249. The van der Waals surface area contributed by atoms with Crippen LogP contribution in [-0.2, 0) is 4.79 Å². The molecule has 0 aromatic carbocycles. The predicted octanol–water partition coefficient (Wildman–Crippen LogP) is 2.38. The van der Waals surface area contributed by atoms with E-state index < -0.39 is 0 Å². The van der Waals surface area contributed by atoms with Crippen LogP contribution < -0.4 is 5.32 Å². The van der Waals surface area contributed by atoms with Crippen LogP contribution in [0.25, 0.3) is 0 Å². The lowest BCUT2D eigenvalue weighted by Crippen LogP contribution is -2.45. The van der Waals surface area contributed by atoms with Gasteiger partial charge < -0.3 is 10.4 Å². The van der Waals surface area contributed by atoms with E-state index in [0.29, 0.717) is 12.3 Å². The Balaban J connectivity index is 1.72. The third-order valence-corrected chi connectivity index (χ3v) is 4.27. The summed E-state index contributed by atoms with van der Waals surface area (Å²) in [5.74, 6) is 0.743. The lowest BCUT2D eigenvalue weighted by Gasteiger charge is -2.29. The third kappa shape index (κ3) is 3.98. The number of nitrogens with one attached hydrogen (secondary N) is 1. The minimum absolute atomic E-state index is 0.0137. The smallest absolute Gasteiger partial charge is 0.220 e. The third-order valence-electron chi connectivity index (χ3n) is 4.27. The van der Waals surface area contributed by atoms with Crippen molar-refractivity contribution < 1.29 is 9.90 Å². The van der Waals surface area contributed by atoms with Gasteiger partial charge in [-0.25, -0.2) is 0 Å². The SMILES string of the molecule is O=C(CC1CCCCC1)N[C@@H]1CCCC[C@H]1O. The van der Waals surface area contributed by atoms with Crippen molar-refractivity contribution in [3.8, 4) is 0 Å². The fourth-order valence-electron chi connectivity index (χ4n) is 3.20. The van der Waals surface area contributed by atoms with Crippen molar-refractivity contribution in [3.63, 3.8) is 0 Å². The molecule has 3 heteroatoms. The number of aliphatic hydroxyl groups excluding tert-OH is 1. The highest BCUT2D eigenvalue weighted by Crippen LogP contribution is 2.26. The van der Waals surface area contributed by atoms with Crippen molar-refractivity contribution in [3.05, 3.63) is 0 Å². The summed E-state index contributed by atoms with van der Waals surface area (Å²) in [7, 11) is 0. The van der Waals surface area contributed by atoms with Gasteiger partial charge in [0.05, 0.1) is 12.1 Å². The van der Waals surface area contributed by atoms with Gasteiger partial charge in [0, 0.05) is 6.42 Å². The van der Waals surface area contributed by atoms with E-state index >= 15 is 0 Å². The van der Waals surface area contributed by atoms with Gasteiger partial charge in [-0.3, -0.25) is 4.79 Å². The summed E-state index contributed by atoms with van der Waals surface area (Å²) in [6.07, 6.45) is 10.7. The van der Waals surface area contributed by atoms with E-state index in [1.54, 1.807) is 0 Å². The molecule has 0 saturated heterocycles. The molecule has 0 aromatic rings. The Morgan fingerprint density at radius 3 is 2.35 bits per heavy atom. The summed E-state index contributed by atoms with van der Waals surface area (Å²) in [5, 5.41) is 12.8. The van der Waals surface area contributed by atoms with E-state index in [1.807, 2.05) is 0 Å². The van der Waals surface area contributed by atoms with Crippen molar-refractivity contribution in [2.75, 3.05) is 0 Å². The van der Waals surface area contributed by atoms with Crippen LogP contribution in [0.15, 0.2) is 0 Å². The Morgan fingerprint density at radius 2 is 1.65 bits per heavy atom. The molecule has 0 bridgehead atoms. The predicted molar refractivity (Wildman–Crippen MR) is 67.6 cm³/mol. The lowest BCUT2D eigenvalue weighted by molar-refractivity contribution is -0.124. The van der Waals surface area contributed by atoms with Crippen molar-refractivity contribution in [1.82, 2.24) is 5.32 Å². The maximum atomic E-state index is 11.9. The molecule has 0 heterocycles. The molecule has 2 fully saturated rings. The summed E-state index contributed by atoms with van der Waals surface area (Å²) < 4.78 is 0. The highest BCUT2D eigenvalue weighted by atomic mass is 16.3. The fraction of sp³-hybridized carbons (Fsp3) is 0.929. The molecule has 0 spiro atoms. The average Bonchev–Trinajstić information content (AvgIpc) is 2.33. The van der Waals surface area contributed by atoms with Gasteiger partial charge in [-0.2, -0.15) is 0 Å². The summed E-state index contributed by atoms with van der Waals surface area (Å²) in [5.41, 5.74) is 0. The van der Waals surface area contributed by atoms with Gasteiger partial charge in [-0.05, 0) is 31.6 Å². The zero-order chi connectivity index (χ0) is 12.1. The topological polar surface area (TPSA) is 49.3 Å². The Morgan fingerprint density at radius 1 is 1.00 bits per heavy atom. The molecule has 2 saturated carbocycles. The van der Waals surface area contributed by atoms with Crippen LogP contribution in [0.2, 0.25) is 0 Å². The van der Waals surface area contributed by atoms with Crippen molar-refractivity contribution >= 4 is 5.91 Å². The maximum Gasteiger partial charge on any atom is 0.220 e. The van der Waals surface area contributed by atoms with E-state index in [-0.39, 0.29) is 18.1 Å². The second-order valence-electron chi connectivity index (χ2n) is 5.73. The van der Waals surface area contributed by atoms with E-state index in [1.165, 1.54) is 32.1 Å². The molecule has 17 heavy (non-hydrogen) atoms. The zero-order valence-corrected chi connectivity index (χ0v) is 10.7. The summed E-state index contributed by atoms with van der Waals surface area (Å²) in [6.45, 7) is 0. The first-order valence-electron chi connectivity index (χ1n) is 7.23. The standard InChI is InChI=1S/C14H25NO2/c16-13-9-5-4-8-12(13)15-14(17)10-11-6-2-1-3-7-11/h11-13,16H,1-10H2,(H,15,17)/t12-,13-/m1/s1. The van der Waals surface area contributed by atoms with Gasteiger partial charge in [-0.1, -0.05) is 32.1 Å². The van der Waals surface area contributed by atoms with Crippen LogP contribution in [0, 0.1) is 5.92 Å². The van der Waals surface area contributed by atoms with Crippen LogP contribution in [0.5, 0.6) is 0 Å². The van der Waals surface area contributed by atoms with E-state index in [9.17, 15) is 9.90 Å². The van der Waals surface area contributed by atoms with Crippen LogP contribution in [0.3, 0.4) is 0 Å². The van der Waals surface area contributed by atoms with Gasteiger partial charge in [-0.15, -0.1) is 0 Å². The minimum Gasteiger partial charge on any atom is -0.391 e. The van der Waals surface area contributed by atoms with Gasteiger partial charge in [0.25, 0.3) is 0 Å². The number of amides is 1. The minimum atomic E-state index is -0.320. The number of hydrogen-bond donors (Lipinski definition) is 2. The zero-order valence-electron chi connectivity index (χ0n) is 10.7. The van der Waals surface area contributed by atoms with Gasteiger partial charge >= 0.3 is 0 Å². The van der Waals surface area contributed by atoms with Gasteiger partial charge in [0.15, 0.2) is 0 Å². The number of rotatable bonds is 3. The molecule has 0 unspecified atom stereocenters. The lowest BCUT2D eigenvalue weighted by atomic mass is 9.86. The fourth-order valence-corrected chi connectivity index (χ4v) is 3.20. The van der Waals surface area contributed by atoms with Gasteiger partial charge in [0.2, 0.25) is 5.91 Å². The normalized spacial score (nSPS) is 31.1. The molecular weight excluding hydrogens is 214 g/mol. The summed E-state index contributed by atoms with van der Waals surface area (Å²) in [4.78, 5) is 11.9. The largest absolute Gasteiger partial charge is 0.391 e. The van der Waals surface area contributed by atoms with Crippen molar-refractivity contribution in [2.45, 2.75) is 76.4 Å². The average molecular weight is 239 g/mol. The molecule has 2 atom stereocenters. The van der Waals surface area contributed by atoms with Crippen LogP contribution in [-0.4, -0.2) is 23.2 Å². The highest BCUT2D eigenvalue weighted by molar-refractivity contribution is 5.76. The first-order chi connectivity index (χ1) is 8.25. The van der Waals surface area contributed by atoms with E-state index in [2.05, 4.69) is 5.32 Å². The Kier molecular flexibility index (Phi) is 4.84. The van der Waals surface area contributed by atoms with Crippen LogP contribution in [0.4, 0.5) is 0 Å². The first-order valence-corrected chi connectivity index (χ1v) is 7.23. The van der Waals surface area contributed by atoms with Crippen molar-refractivity contribution in [2.24, 2.45) is 5.92 Å². The molecule has 3 nitrogen and oxygen atoms in total. The van der Waals surface area contributed by atoms with E-state index in [4.69, 9.17) is 0 Å². The molecule has 2 rings (SSSR count). The van der Waals surface area contributed by atoms with Crippen LogP contribution in [0.1, 0.15) is 64.2 Å². The second-order valence-corrected chi connectivity index (χ2v) is 5.73. The summed E-state index contributed by atoms with van der Waals surface area (Å²) >= 11 is 0. The monoisotopic (exact) mass is 239 g/mol. The molecule has 98 valence electrons. The number of aliphatic hydroxyl groups is 1. The van der Waals surface area contributed by atoms with E-state index in [0.717, 1.165) is 25.7 Å². The molecular formula is C14H25NO2. The Hall–Kier alpha value is -0.570. The molecule has 1 amide bonds. The second kappa shape index (κ2) is 6.39. The quantitative estimate of drug-likeness (QED) is 0.794. The van der Waals surface area contributed by atoms with Crippen LogP contribution >= 0.6 is 0 Å². The van der Waals surface area contributed by atoms with Crippen molar-refractivity contribution in [1.29, 1.82) is 0 Å². The molecule has 0 aliphatic heterocycles. The highest BCUT2D eigenvalue weighted by Gasteiger charge is 2.25. The first kappa shape index (κ1) is 12.9. The maximum absolute atomic E-state index is 11.9. The molecule has 0 aromatic heterocycles. The molecule has 2 aliphatic rings. The number of hydrogen-bond acceptors (Lipinski definition) is 2. The number of carbonyl (C=O) groups excluding carboxylic acids is 1. The number of carbonyl (C=O) groups is 1. The van der Waals surface area contributed by atoms with Gasteiger partial charge in [0.1, 0.15) is 0 Å². The molecule has 2 aliphatic carbocycles. The Labute approximate surface area is 104 Å². The molecule has 0 radical (unpaired) electrons. The summed E-state index contributed by atoms with van der Waals surface area (Å²) in [6, 6.07) is 0.0137.